The average molecular weight is 340 g/mol. The zero-order chi connectivity index (χ0) is 18.2. The molecule has 2 amide bonds. The Bertz CT molecular complexity index is 829. The molecule has 0 N–H and O–H groups in total. The van der Waals surface area contributed by atoms with Gasteiger partial charge in [-0.1, -0.05) is 85.3 Å². The van der Waals surface area contributed by atoms with E-state index in [1.54, 1.807) is 4.90 Å². The summed E-state index contributed by atoms with van der Waals surface area (Å²) in [6.45, 7) is 0.971. The summed E-state index contributed by atoms with van der Waals surface area (Å²) in [5.74, 6) is 0. The van der Waals surface area contributed by atoms with Crippen LogP contribution in [0.15, 0.2) is 91.0 Å². The summed E-state index contributed by atoms with van der Waals surface area (Å²) >= 11 is 0. The minimum Gasteiger partial charge on any atom is -0.315 e. The number of benzene rings is 3. The van der Waals surface area contributed by atoms with E-state index in [1.807, 2.05) is 91.0 Å². The standard InChI is InChI=1S/C23H20N2O/c1-2-25(22-16-10-5-11-17-22)23(26)24(18-20-12-6-3-7-13-20)19-21-14-8-4-9-15-21/h1,3-17H,18-19H2. The molecule has 3 aromatic rings. The third kappa shape index (κ3) is 4.31. The van der Waals surface area contributed by atoms with Crippen LogP contribution in [0.25, 0.3) is 0 Å². The topological polar surface area (TPSA) is 23.6 Å². The highest BCUT2D eigenvalue weighted by Gasteiger charge is 2.21. The first-order valence-electron chi connectivity index (χ1n) is 8.46. The van der Waals surface area contributed by atoms with Gasteiger partial charge in [0.1, 0.15) is 0 Å². The Morgan fingerprint density at radius 1 is 0.731 bits per heavy atom. The van der Waals surface area contributed by atoms with Gasteiger partial charge in [-0.2, -0.15) is 0 Å². The number of para-hydroxylation sites is 1. The lowest BCUT2D eigenvalue weighted by Gasteiger charge is -2.27. The molecule has 3 rings (SSSR count). The van der Waals surface area contributed by atoms with E-state index in [9.17, 15) is 4.79 Å². The molecule has 0 aliphatic heterocycles. The van der Waals surface area contributed by atoms with Crippen LogP contribution in [0.4, 0.5) is 10.5 Å². The van der Waals surface area contributed by atoms with Crippen molar-refractivity contribution in [3.8, 4) is 12.5 Å². The van der Waals surface area contributed by atoms with Crippen LogP contribution in [0.5, 0.6) is 0 Å². The third-order valence-corrected chi connectivity index (χ3v) is 4.04. The Morgan fingerprint density at radius 3 is 1.58 bits per heavy atom. The Morgan fingerprint density at radius 2 is 1.15 bits per heavy atom. The molecule has 0 saturated carbocycles. The third-order valence-electron chi connectivity index (χ3n) is 4.04. The first-order valence-corrected chi connectivity index (χ1v) is 8.46. The molecule has 0 spiro atoms. The van der Waals surface area contributed by atoms with Crippen LogP contribution in [0.1, 0.15) is 11.1 Å². The lowest BCUT2D eigenvalue weighted by molar-refractivity contribution is 0.202. The first kappa shape index (κ1) is 17.3. The van der Waals surface area contributed by atoms with E-state index in [1.165, 1.54) is 4.90 Å². The predicted molar refractivity (Wildman–Crippen MR) is 105 cm³/mol. The fraction of sp³-hybridized carbons (Fsp3) is 0.0870. The highest BCUT2D eigenvalue weighted by Crippen LogP contribution is 2.18. The maximum absolute atomic E-state index is 13.2. The first-order chi connectivity index (χ1) is 12.8. The van der Waals surface area contributed by atoms with Gasteiger partial charge in [0.25, 0.3) is 0 Å². The van der Waals surface area contributed by atoms with Crippen LogP contribution >= 0.6 is 0 Å². The summed E-state index contributed by atoms with van der Waals surface area (Å²) in [4.78, 5) is 16.3. The smallest absolute Gasteiger partial charge is 0.315 e. The molecule has 0 unspecified atom stereocenters. The molecule has 3 nitrogen and oxygen atoms in total. The average Bonchev–Trinajstić information content (AvgIpc) is 2.70. The maximum atomic E-state index is 13.2. The van der Waals surface area contributed by atoms with Crippen LogP contribution < -0.4 is 4.90 Å². The van der Waals surface area contributed by atoms with Crippen LogP contribution in [0.3, 0.4) is 0 Å². The van der Waals surface area contributed by atoms with E-state index in [4.69, 9.17) is 6.42 Å². The van der Waals surface area contributed by atoms with Crippen molar-refractivity contribution in [1.29, 1.82) is 0 Å². The molecule has 3 heteroatoms. The summed E-state index contributed by atoms with van der Waals surface area (Å²) < 4.78 is 0. The maximum Gasteiger partial charge on any atom is 0.337 e. The van der Waals surface area contributed by atoms with E-state index in [0.29, 0.717) is 18.8 Å². The van der Waals surface area contributed by atoms with Crippen LogP contribution in [0, 0.1) is 12.5 Å². The minimum atomic E-state index is -0.216. The lowest BCUT2D eigenvalue weighted by Crippen LogP contribution is -2.40. The second-order valence-electron chi connectivity index (χ2n) is 5.91. The highest BCUT2D eigenvalue weighted by atomic mass is 16.2. The molecular weight excluding hydrogens is 320 g/mol. The molecule has 0 aromatic heterocycles. The number of hydrogen-bond donors (Lipinski definition) is 0. The van der Waals surface area contributed by atoms with Gasteiger partial charge in [-0.25, -0.2) is 9.69 Å². The molecule has 0 radical (unpaired) electrons. The van der Waals surface area contributed by atoms with E-state index in [0.717, 1.165) is 11.1 Å². The van der Waals surface area contributed by atoms with Gasteiger partial charge in [0.15, 0.2) is 0 Å². The molecule has 0 saturated heterocycles. The van der Waals surface area contributed by atoms with Crippen LogP contribution in [-0.2, 0) is 13.1 Å². The lowest BCUT2D eigenvalue weighted by atomic mass is 10.1. The van der Waals surface area contributed by atoms with Gasteiger partial charge in [-0.05, 0) is 23.3 Å². The van der Waals surface area contributed by atoms with Crippen molar-refractivity contribution < 1.29 is 4.79 Å². The van der Waals surface area contributed by atoms with Crippen molar-refractivity contribution in [3.63, 3.8) is 0 Å². The number of anilines is 1. The van der Waals surface area contributed by atoms with Crippen LogP contribution in [0.2, 0.25) is 0 Å². The quantitative estimate of drug-likeness (QED) is 0.478. The Kier molecular flexibility index (Phi) is 5.69. The summed E-state index contributed by atoms with van der Waals surface area (Å²) in [6.07, 6.45) is 5.66. The van der Waals surface area contributed by atoms with Gasteiger partial charge in [0.2, 0.25) is 0 Å². The largest absolute Gasteiger partial charge is 0.337 e. The number of amides is 2. The summed E-state index contributed by atoms with van der Waals surface area (Å²) in [5, 5.41) is 0. The summed E-state index contributed by atoms with van der Waals surface area (Å²) in [5.41, 5.74) is 2.80. The van der Waals surface area contributed by atoms with E-state index in [2.05, 4.69) is 6.04 Å². The number of carbonyl (C=O) groups is 1. The molecule has 3 aromatic carbocycles. The van der Waals surface area contributed by atoms with Crippen LogP contribution in [-0.4, -0.2) is 10.9 Å². The van der Waals surface area contributed by atoms with Gasteiger partial charge in [0, 0.05) is 19.1 Å². The molecule has 0 aliphatic carbocycles. The molecule has 0 aliphatic rings. The normalized spacial score (nSPS) is 9.96. The number of terminal acetylenes is 1. The van der Waals surface area contributed by atoms with Gasteiger partial charge in [0.05, 0.1) is 5.69 Å². The summed E-state index contributed by atoms with van der Waals surface area (Å²) in [6, 6.07) is 31.4. The summed E-state index contributed by atoms with van der Waals surface area (Å²) in [7, 11) is 0. The second kappa shape index (κ2) is 8.55. The Balaban J connectivity index is 1.88. The van der Waals surface area contributed by atoms with E-state index >= 15 is 0 Å². The number of carbonyl (C=O) groups excluding carboxylic acids is 1. The van der Waals surface area contributed by atoms with Crippen molar-refractivity contribution in [2.45, 2.75) is 13.1 Å². The molecule has 26 heavy (non-hydrogen) atoms. The van der Waals surface area contributed by atoms with Crippen molar-refractivity contribution >= 4 is 11.7 Å². The Labute approximate surface area is 154 Å². The molecule has 0 atom stereocenters. The number of nitrogens with zero attached hydrogens (tertiary/aromatic N) is 2. The minimum absolute atomic E-state index is 0.216. The fourth-order valence-electron chi connectivity index (χ4n) is 2.76. The van der Waals surface area contributed by atoms with E-state index in [-0.39, 0.29) is 6.03 Å². The monoisotopic (exact) mass is 340 g/mol. The molecule has 0 fully saturated rings. The van der Waals surface area contributed by atoms with Gasteiger partial charge in [-0.3, -0.25) is 0 Å². The van der Waals surface area contributed by atoms with Crippen molar-refractivity contribution in [2.75, 3.05) is 4.90 Å². The zero-order valence-electron chi connectivity index (χ0n) is 14.5. The number of rotatable bonds is 5. The molecule has 0 heterocycles. The van der Waals surface area contributed by atoms with Gasteiger partial charge < -0.3 is 4.90 Å². The second-order valence-corrected chi connectivity index (χ2v) is 5.91. The van der Waals surface area contributed by atoms with Gasteiger partial charge in [-0.15, -0.1) is 0 Å². The molecular formula is C23H20N2O. The van der Waals surface area contributed by atoms with Crippen molar-refractivity contribution in [2.24, 2.45) is 0 Å². The van der Waals surface area contributed by atoms with E-state index < -0.39 is 0 Å². The predicted octanol–water partition coefficient (Wildman–Crippen LogP) is 4.91. The Hall–Kier alpha value is -3.51. The molecule has 128 valence electrons. The van der Waals surface area contributed by atoms with Gasteiger partial charge >= 0.3 is 6.03 Å². The fourth-order valence-corrected chi connectivity index (χ4v) is 2.76. The SMILES string of the molecule is C#CN(C(=O)N(Cc1ccccc1)Cc1ccccc1)c1ccccc1. The molecule has 0 bridgehead atoms. The van der Waals surface area contributed by atoms with Crippen molar-refractivity contribution in [3.05, 3.63) is 102 Å². The number of hydrogen-bond acceptors (Lipinski definition) is 1. The van der Waals surface area contributed by atoms with Crippen molar-refractivity contribution in [1.82, 2.24) is 4.90 Å². The zero-order valence-corrected chi connectivity index (χ0v) is 14.5. The number of urea groups is 1. The highest BCUT2D eigenvalue weighted by molar-refractivity contribution is 5.95.